The Bertz CT molecular complexity index is 1130. The molecule has 1 heterocycles. The summed E-state index contributed by atoms with van der Waals surface area (Å²) >= 11 is 0. The Balaban J connectivity index is 2.09. The van der Waals surface area contributed by atoms with E-state index in [0.29, 0.717) is 0 Å². The van der Waals surface area contributed by atoms with Crippen LogP contribution in [0.2, 0.25) is 0 Å². The lowest BCUT2D eigenvalue weighted by Crippen LogP contribution is -2.25. The summed E-state index contributed by atoms with van der Waals surface area (Å²) in [5.41, 5.74) is 1.77. The Morgan fingerprint density at radius 2 is 1.26 bits per heavy atom. The lowest BCUT2D eigenvalue weighted by atomic mass is 10.2. The van der Waals surface area contributed by atoms with Crippen molar-refractivity contribution in [1.29, 1.82) is 0 Å². The molecule has 3 heteroatoms. The molecule has 2 nitrogen and oxygen atoms in total. The van der Waals surface area contributed by atoms with Gasteiger partial charge in [-0.25, -0.2) is 0 Å². The predicted molar refractivity (Wildman–Crippen MR) is 133 cm³/mol. The molecule has 0 saturated carbocycles. The van der Waals surface area contributed by atoms with Crippen molar-refractivity contribution in [1.82, 2.24) is 4.98 Å². The Kier molecular flexibility index (Phi) is 6.78. The summed E-state index contributed by atoms with van der Waals surface area (Å²) in [7, 11) is -2.32. The predicted octanol–water partition coefficient (Wildman–Crippen LogP) is 6.04. The van der Waals surface area contributed by atoms with E-state index in [4.69, 9.17) is 4.74 Å². The molecule has 3 aromatic carbocycles. The topological polar surface area (TPSA) is 25.2 Å². The summed E-state index contributed by atoms with van der Waals surface area (Å²) in [6.45, 7) is 2.14. The lowest BCUT2D eigenvalue weighted by molar-refractivity contribution is 0.983. The average molecular weight is 420 g/mol. The van der Waals surface area contributed by atoms with Crippen molar-refractivity contribution in [3.8, 4) is 11.8 Å². The van der Waals surface area contributed by atoms with Crippen molar-refractivity contribution < 1.29 is 0 Å². The number of hydrogen-bond donors (Lipinski definition) is 0. The van der Waals surface area contributed by atoms with Gasteiger partial charge in [-0.05, 0) is 12.5 Å². The van der Waals surface area contributed by atoms with Crippen LogP contribution < -0.4 is 15.9 Å². The van der Waals surface area contributed by atoms with E-state index in [1.54, 1.807) is 6.20 Å². The summed E-state index contributed by atoms with van der Waals surface area (Å²) in [5, 5.41) is 3.64. The number of rotatable bonds is 5. The number of benzene rings is 3. The van der Waals surface area contributed by atoms with Gasteiger partial charge in [0.05, 0.1) is 24.5 Å². The Morgan fingerprint density at radius 1 is 0.742 bits per heavy atom. The van der Waals surface area contributed by atoms with Crippen LogP contribution in [0.5, 0.6) is 0 Å². The highest BCUT2D eigenvalue weighted by atomic mass is 31.2. The van der Waals surface area contributed by atoms with Crippen LogP contribution in [0.3, 0.4) is 0 Å². The third kappa shape index (κ3) is 4.53. The van der Waals surface area contributed by atoms with Gasteiger partial charge in [0.15, 0.2) is 0 Å². The second kappa shape index (κ2) is 10.1. The first-order chi connectivity index (χ1) is 15.3. The molecule has 4 aromatic rings. The standard InChI is InChI=1S/C28H25N2P/c1-2-3-7-14-24-21-22-29-23-28(24)30-31(25-15-8-4-9-16-25,26-17-10-5-11-18-26)27-19-12-6-13-20-27/h4-6,8-13,15-23H,2-3H2,1H3. The summed E-state index contributed by atoms with van der Waals surface area (Å²) < 4.78 is 5.53. The molecule has 0 aliphatic heterocycles. The number of hydrogen-bond acceptors (Lipinski definition) is 2. The largest absolute Gasteiger partial charge is 0.262 e. The fourth-order valence-electron chi connectivity index (χ4n) is 3.57. The van der Waals surface area contributed by atoms with Crippen molar-refractivity contribution in [3.05, 3.63) is 115 Å². The first-order valence-corrected chi connectivity index (χ1v) is 12.3. The van der Waals surface area contributed by atoms with Crippen LogP contribution in [0, 0.1) is 11.8 Å². The van der Waals surface area contributed by atoms with Gasteiger partial charge in [-0.2, -0.15) is 0 Å². The van der Waals surface area contributed by atoms with Crippen LogP contribution in [-0.2, 0) is 0 Å². The highest BCUT2D eigenvalue weighted by molar-refractivity contribution is 7.87. The van der Waals surface area contributed by atoms with Crippen LogP contribution in [0.1, 0.15) is 25.3 Å². The molecule has 0 atom stereocenters. The van der Waals surface area contributed by atoms with Crippen molar-refractivity contribution >= 4 is 28.7 Å². The molecule has 0 N–H and O–H groups in total. The Morgan fingerprint density at radius 3 is 1.74 bits per heavy atom. The summed E-state index contributed by atoms with van der Waals surface area (Å²) in [6.07, 6.45) is 5.56. The first-order valence-electron chi connectivity index (χ1n) is 10.6. The summed E-state index contributed by atoms with van der Waals surface area (Å²) in [5.74, 6) is 6.60. The summed E-state index contributed by atoms with van der Waals surface area (Å²) in [6, 6.07) is 33.8. The van der Waals surface area contributed by atoms with Crippen molar-refractivity contribution in [2.45, 2.75) is 19.8 Å². The highest BCUT2D eigenvalue weighted by Crippen LogP contribution is 2.49. The number of nitrogens with zero attached hydrogens (tertiary/aromatic N) is 2. The van der Waals surface area contributed by atoms with Gasteiger partial charge in [-0.3, -0.25) is 9.73 Å². The maximum Gasteiger partial charge on any atom is 0.0964 e. The fraction of sp³-hybridized carbons (Fsp3) is 0.107. The van der Waals surface area contributed by atoms with E-state index in [9.17, 15) is 0 Å². The smallest absolute Gasteiger partial charge is 0.0964 e. The monoisotopic (exact) mass is 420 g/mol. The SMILES string of the molecule is CCCC#Cc1ccncc1N=P(c1ccccc1)(c1ccccc1)c1ccccc1. The zero-order valence-corrected chi connectivity index (χ0v) is 18.5. The number of pyridine rings is 1. The van der Waals surface area contributed by atoms with E-state index in [1.807, 2.05) is 12.3 Å². The second-order valence-corrected chi connectivity index (χ2v) is 10.2. The lowest BCUT2D eigenvalue weighted by Gasteiger charge is -2.27. The fourth-order valence-corrected chi connectivity index (χ4v) is 7.10. The van der Waals surface area contributed by atoms with Crippen LogP contribution >= 0.6 is 7.05 Å². The van der Waals surface area contributed by atoms with Gasteiger partial charge < -0.3 is 0 Å². The summed E-state index contributed by atoms with van der Waals surface area (Å²) in [4.78, 5) is 4.40. The molecule has 0 fully saturated rings. The zero-order chi connectivity index (χ0) is 21.4. The van der Waals surface area contributed by atoms with Gasteiger partial charge in [-0.15, -0.1) is 0 Å². The Labute approximate surface area is 185 Å². The van der Waals surface area contributed by atoms with Gasteiger partial charge in [0.1, 0.15) is 0 Å². The van der Waals surface area contributed by atoms with Gasteiger partial charge in [0.2, 0.25) is 0 Å². The van der Waals surface area contributed by atoms with E-state index in [0.717, 1.165) is 24.1 Å². The molecule has 4 rings (SSSR count). The molecule has 0 aliphatic rings. The number of unbranched alkanes of at least 4 members (excludes halogenated alkanes) is 1. The Hall–Kier alpha value is -3.40. The molecule has 0 unspecified atom stereocenters. The van der Waals surface area contributed by atoms with Crippen LogP contribution in [-0.4, -0.2) is 4.98 Å². The normalized spacial score (nSPS) is 10.7. The molecule has 31 heavy (non-hydrogen) atoms. The quantitative estimate of drug-likeness (QED) is 0.285. The van der Waals surface area contributed by atoms with Crippen LogP contribution in [0.15, 0.2) is 114 Å². The number of aromatic nitrogens is 1. The molecule has 0 aliphatic carbocycles. The molecule has 0 amide bonds. The van der Waals surface area contributed by atoms with E-state index in [2.05, 4.69) is 115 Å². The molecular formula is C28H25N2P. The third-order valence-electron chi connectivity index (χ3n) is 5.05. The van der Waals surface area contributed by atoms with Crippen LogP contribution in [0.4, 0.5) is 5.69 Å². The highest BCUT2D eigenvalue weighted by Gasteiger charge is 2.27. The van der Waals surface area contributed by atoms with Gasteiger partial charge >= 0.3 is 0 Å². The van der Waals surface area contributed by atoms with Crippen LogP contribution in [0.25, 0.3) is 0 Å². The molecule has 0 radical (unpaired) electrons. The molecule has 0 saturated heterocycles. The van der Waals surface area contributed by atoms with Gasteiger partial charge in [0, 0.05) is 28.5 Å². The van der Waals surface area contributed by atoms with Crippen molar-refractivity contribution in [2.75, 3.05) is 0 Å². The van der Waals surface area contributed by atoms with E-state index in [1.165, 1.54) is 15.9 Å². The van der Waals surface area contributed by atoms with Crippen molar-refractivity contribution in [2.24, 2.45) is 4.74 Å². The maximum atomic E-state index is 5.53. The maximum absolute atomic E-state index is 5.53. The van der Waals surface area contributed by atoms with Gasteiger partial charge in [-0.1, -0.05) is 110 Å². The van der Waals surface area contributed by atoms with Crippen molar-refractivity contribution in [3.63, 3.8) is 0 Å². The van der Waals surface area contributed by atoms with Gasteiger partial charge in [0.25, 0.3) is 0 Å². The first kappa shape index (κ1) is 20.9. The molecule has 1 aromatic heterocycles. The van der Waals surface area contributed by atoms with E-state index >= 15 is 0 Å². The molecule has 0 bridgehead atoms. The average Bonchev–Trinajstić information content (AvgIpc) is 2.85. The second-order valence-electron chi connectivity index (χ2n) is 7.19. The zero-order valence-electron chi connectivity index (χ0n) is 17.6. The van der Waals surface area contributed by atoms with E-state index in [-0.39, 0.29) is 0 Å². The minimum absolute atomic E-state index is 0.844. The minimum atomic E-state index is -2.32. The molecule has 152 valence electrons. The molecule has 0 spiro atoms. The molecular weight excluding hydrogens is 395 g/mol. The third-order valence-corrected chi connectivity index (χ3v) is 8.70. The van der Waals surface area contributed by atoms with E-state index < -0.39 is 7.05 Å². The minimum Gasteiger partial charge on any atom is -0.262 e.